The monoisotopic (exact) mass is 245 g/mol. The second-order valence-electron chi connectivity index (χ2n) is 4.50. The first-order valence-corrected chi connectivity index (χ1v) is 5.70. The Morgan fingerprint density at radius 3 is 2.44 bits per heavy atom. The Balaban J connectivity index is 2.41. The maximum atomic E-state index is 13.3. The van der Waals surface area contributed by atoms with Crippen LogP contribution in [0.5, 0.6) is 0 Å². The summed E-state index contributed by atoms with van der Waals surface area (Å²) >= 11 is 6.07. The zero-order valence-electron chi connectivity index (χ0n) is 8.85. The molecule has 2 N–H and O–H groups in total. The van der Waals surface area contributed by atoms with Gasteiger partial charge in [-0.05, 0) is 18.1 Å². The molecule has 1 saturated carbocycles. The fourth-order valence-electron chi connectivity index (χ4n) is 2.50. The van der Waals surface area contributed by atoms with Gasteiger partial charge < -0.3 is 5.73 Å². The fourth-order valence-corrected chi connectivity index (χ4v) is 2.84. The molecule has 2 rings (SSSR count). The first kappa shape index (κ1) is 11.8. The average Bonchev–Trinajstić information content (AvgIpc) is 2.56. The molecule has 1 unspecified atom stereocenters. The van der Waals surface area contributed by atoms with Gasteiger partial charge in [0.2, 0.25) is 5.92 Å². The third-order valence-electron chi connectivity index (χ3n) is 3.40. The van der Waals surface area contributed by atoms with Gasteiger partial charge in [-0.3, -0.25) is 0 Å². The van der Waals surface area contributed by atoms with E-state index in [0.29, 0.717) is 11.4 Å². The highest BCUT2D eigenvalue weighted by molar-refractivity contribution is 6.31. The van der Waals surface area contributed by atoms with Crippen LogP contribution in [0.15, 0.2) is 24.3 Å². The molecule has 1 aromatic carbocycles. The molecule has 0 spiro atoms. The van der Waals surface area contributed by atoms with E-state index in [1.807, 2.05) is 6.07 Å². The molecule has 1 atom stereocenters. The Hall–Kier alpha value is -0.670. The zero-order chi connectivity index (χ0) is 11.8. The number of halogens is 3. The number of hydrogen-bond donors (Lipinski definition) is 1. The first-order valence-electron chi connectivity index (χ1n) is 5.32. The molecule has 1 aliphatic rings. The molecule has 1 nitrogen and oxygen atoms in total. The molecule has 0 bridgehead atoms. The maximum Gasteiger partial charge on any atom is 0.249 e. The second-order valence-corrected chi connectivity index (χ2v) is 4.90. The van der Waals surface area contributed by atoms with E-state index in [-0.39, 0.29) is 19.4 Å². The van der Waals surface area contributed by atoms with Crippen LogP contribution in [0.2, 0.25) is 5.02 Å². The smallest absolute Gasteiger partial charge is 0.249 e. The molecule has 0 aliphatic heterocycles. The predicted octanol–water partition coefficient (Wildman–Crippen LogP) is 3.36. The van der Waals surface area contributed by atoms with Crippen LogP contribution in [-0.2, 0) is 5.41 Å². The molecule has 0 radical (unpaired) electrons. The predicted molar refractivity (Wildman–Crippen MR) is 61.0 cm³/mol. The van der Waals surface area contributed by atoms with Crippen molar-refractivity contribution in [3.05, 3.63) is 34.9 Å². The Kier molecular flexibility index (Phi) is 2.93. The van der Waals surface area contributed by atoms with Gasteiger partial charge in [0.25, 0.3) is 0 Å². The Morgan fingerprint density at radius 1 is 1.25 bits per heavy atom. The minimum Gasteiger partial charge on any atom is -0.330 e. The molecule has 16 heavy (non-hydrogen) atoms. The third-order valence-corrected chi connectivity index (χ3v) is 3.73. The van der Waals surface area contributed by atoms with Gasteiger partial charge in [0.05, 0.1) is 0 Å². The lowest BCUT2D eigenvalue weighted by molar-refractivity contribution is 0.00303. The van der Waals surface area contributed by atoms with E-state index >= 15 is 0 Å². The molecule has 0 saturated heterocycles. The number of alkyl halides is 2. The van der Waals surface area contributed by atoms with Gasteiger partial charge in [-0.2, -0.15) is 0 Å². The molecule has 0 heterocycles. The first-order chi connectivity index (χ1) is 7.49. The summed E-state index contributed by atoms with van der Waals surface area (Å²) in [6.07, 6.45) is 0.107. The summed E-state index contributed by atoms with van der Waals surface area (Å²) in [5.41, 5.74) is 5.81. The molecule has 1 aromatic rings. The van der Waals surface area contributed by atoms with E-state index < -0.39 is 11.3 Å². The summed E-state index contributed by atoms with van der Waals surface area (Å²) in [5.74, 6) is -2.61. The van der Waals surface area contributed by atoms with Gasteiger partial charge in [0.1, 0.15) is 0 Å². The van der Waals surface area contributed by atoms with Crippen molar-refractivity contribution in [2.45, 2.75) is 30.6 Å². The van der Waals surface area contributed by atoms with Gasteiger partial charge >= 0.3 is 0 Å². The standard InChI is InChI=1S/C12H14ClF2N/c13-10-4-2-1-3-9(10)11(8-16)5-6-12(14,15)7-11/h1-4H,5-8,16H2. The zero-order valence-corrected chi connectivity index (χ0v) is 9.61. The Bertz CT molecular complexity index is 394. The van der Waals surface area contributed by atoms with Gasteiger partial charge in [0, 0.05) is 29.8 Å². The molecule has 1 fully saturated rings. The number of hydrogen-bond acceptors (Lipinski definition) is 1. The van der Waals surface area contributed by atoms with Crippen molar-refractivity contribution in [3.8, 4) is 0 Å². The average molecular weight is 246 g/mol. The normalized spacial score (nSPS) is 28.2. The lowest BCUT2D eigenvalue weighted by atomic mass is 9.79. The number of benzene rings is 1. The SMILES string of the molecule is NCC1(c2ccccc2Cl)CCC(F)(F)C1. The molecule has 0 aromatic heterocycles. The van der Waals surface area contributed by atoms with Crippen LogP contribution in [0, 0.1) is 0 Å². The van der Waals surface area contributed by atoms with Crippen molar-refractivity contribution in [2.24, 2.45) is 5.73 Å². The highest BCUT2D eigenvalue weighted by Crippen LogP contribution is 2.49. The molecule has 4 heteroatoms. The highest BCUT2D eigenvalue weighted by Gasteiger charge is 2.50. The van der Waals surface area contributed by atoms with E-state index in [4.69, 9.17) is 17.3 Å². The quantitative estimate of drug-likeness (QED) is 0.850. The van der Waals surface area contributed by atoms with Crippen LogP contribution in [0.3, 0.4) is 0 Å². The number of nitrogens with two attached hydrogens (primary N) is 1. The van der Waals surface area contributed by atoms with Crippen LogP contribution in [0.4, 0.5) is 8.78 Å². The lowest BCUT2D eigenvalue weighted by Gasteiger charge is -2.28. The van der Waals surface area contributed by atoms with Crippen molar-refractivity contribution in [3.63, 3.8) is 0 Å². The maximum absolute atomic E-state index is 13.3. The molecule has 88 valence electrons. The minimum atomic E-state index is -2.61. The van der Waals surface area contributed by atoms with Crippen molar-refractivity contribution in [1.29, 1.82) is 0 Å². The summed E-state index contributed by atoms with van der Waals surface area (Å²) in [6, 6.07) is 7.14. The molecule has 1 aliphatic carbocycles. The summed E-state index contributed by atoms with van der Waals surface area (Å²) in [5, 5.41) is 0.533. The largest absolute Gasteiger partial charge is 0.330 e. The van der Waals surface area contributed by atoms with E-state index in [0.717, 1.165) is 5.56 Å². The summed E-state index contributed by atoms with van der Waals surface area (Å²) in [6.45, 7) is 0.215. The number of rotatable bonds is 2. The van der Waals surface area contributed by atoms with Crippen molar-refractivity contribution < 1.29 is 8.78 Å². The van der Waals surface area contributed by atoms with Crippen LogP contribution >= 0.6 is 11.6 Å². The Morgan fingerprint density at radius 2 is 1.94 bits per heavy atom. The van der Waals surface area contributed by atoms with Crippen LogP contribution in [-0.4, -0.2) is 12.5 Å². The summed E-state index contributed by atoms with van der Waals surface area (Å²) in [7, 11) is 0. The highest BCUT2D eigenvalue weighted by atomic mass is 35.5. The van der Waals surface area contributed by atoms with Crippen LogP contribution < -0.4 is 5.73 Å². The van der Waals surface area contributed by atoms with E-state index in [1.165, 1.54) is 0 Å². The molecule has 0 amide bonds. The van der Waals surface area contributed by atoms with E-state index in [2.05, 4.69) is 0 Å². The topological polar surface area (TPSA) is 26.0 Å². The van der Waals surface area contributed by atoms with E-state index in [1.54, 1.807) is 18.2 Å². The molecular weight excluding hydrogens is 232 g/mol. The van der Waals surface area contributed by atoms with Crippen molar-refractivity contribution in [1.82, 2.24) is 0 Å². The van der Waals surface area contributed by atoms with Gasteiger partial charge in [0.15, 0.2) is 0 Å². The van der Waals surface area contributed by atoms with Gasteiger partial charge in [-0.1, -0.05) is 29.8 Å². The van der Waals surface area contributed by atoms with Crippen LogP contribution in [0.1, 0.15) is 24.8 Å². The van der Waals surface area contributed by atoms with Crippen molar-refractivity contribution in [2.75, 3.05) is 6.54 Å². The fraction of sp³-hybridized carbons (Fsp3) is 0.500. The van der Waals surface area contributed by atoms with Crippen molar-refractivity contribution >= 4 is 11.6 Å². The van der Waals surface area contributed by atoms with Crippen LogP contribution in [0.25, 0.3) is 0 Å². The summed E-state index contributed by atoms with van der Waals surface area (Å²) in [4.78, 5) is 0. The van der Waals surface area contributed by atoms with Gasteiger partial charge in [-0.25, -0.2) is 8.78 Å². The minimum absolute atomic E-state index is 0.102. The Labute approximate surface area is 98.6 Å². The van der Waals surface area contributed by atoms with Gasteiger partial charge in [-0.15, -0.1) is 0 Å². The molecular formula is C12H14ClF2N. The summed E-state index contributed by atoms with van der Waals surface area (Å²) < 4.78 is 26.7. The lowest BCUT2D eigenvalue weighted by Crippen LogP contribution is -2.34. The van der Waals surface area contributed by atoms with E-state index in [9.17, 15) is 8.78 Å². The second kappa shape index (κ2) is 3.97. The third kappa shape index (κ3) is 1.94.